The number of unbranched alkanes of at least 4 members (excludes halogenated alkanes) is 1. The maximum atomic E-state index is 13.4. The van der Waals surface area contributed by atoms with Crippen LogP contribution in [0.15, 0.2) is 18.2 Å². The van der Waals surface area contributed by atoms with E-state index in [1.807, 2.05) is 0 Å². The van der Waals surface area contributed by atoms with Crippen molar-refractivity contribution in [1.29, 1.82) is 0 Å². The van der Waals surface area contributed by atoms with Crippen LogP contribution in [-0.2, 0) is 0 Å². The maximum absolute atomic E-state index is 13.4. The Bertz CT molecular complexity index is 409. The van der Waals surface area contributed by atoms with E-state index in [1.165, 1.54) is 12.1 Å². The molecule has 2 rings (SSSR count). The fourth-order valence-electron chi connectivity index (χ4n) is 2.67. The highest BCUT2D eigenvalue weighted by Gasteiger charge is 2.22. The van der Waals surface area contributed by atoms with Gasteiger partial charge in [-0.1, -0.05) is 25.8 Å². The zero-order valence-corrected chi connectivity index (χ0v) is 12.7. The summed E-state index contributed by atoms with van der Waals surface area (Å²) in [4.78, 5) is 2.37. The Morgan fingerprint density at radius 3 is 2.50 bits per heavy atom. The molecule has 1 aliphatic heterocycles. The van der Waals surface area contributed by atoms with E-state index in [0.717, 1.165) is 51.0 Å². The molecule has 0 aromatic heterocycles. The molecule has 0 radical (unpaired) electrons. The quantitative estimate of drug-likeness (QED) is 0.895. The fraction of sp³-hybridized carbons (Fsp3) is 0.600. The molecule has 0 amide bonds. The number of rotatable bonds is 5. The summed E-state index contributed by atoms with van der Waals surface area (Å²) in [5.41, 5.74) is 0.897. The molecule has 1 fully saturated rings. The molecule has 1 heterocycles. The number of nitrogens with zero attached hydrogens (tertiary/aromatic N) is 1. The SMILES string of the molecule is CCCC[C@@H](c1ccc(F)c(F)c1)N1CCNCC1.Cl. The minimum atomic E-state index is -0.765. The van der Waals surface area contributed by atoms with Crippen LogP contribution >= 0.6 is 12.4 Å². The Morgan fingerprint density at radius 2 is 1.90 bits per heavy atom. The van der Waals surface area contributed by atoms with Crippen LogP contribution in [-0.4, -0.2) is 31.1 Å². The van der Waals surface area contributed by atoms with E-state index in [9.17, 15) is 8.78 Å². The van der Waals surface area contributed by atoms with Gasteiger partial charge < -0.3 is 5.32 Å². The molecule has 1 aromatic carbocycles. The highest BCUT2D eigenvalue weighted by molar-refractivity contribution is 5.85. The van der Waals surface area contributed by atoms with Crippen molar-refractivity contribution >= 4 is 12.4 Å². The van der Waals surface area contributed by atoms with Gasteiger partial charge in [0.2, 0.25) is 0 Å². The first-order valence-electron chi connectivity index (χ1n) is 7.12. The van der Waals surface area contributed by atoms with Crippen LogP contribution in [0.25, 0.3) is 0 Å². The zero-order chi connectivity index (χ0) is 13.7. The number of nitrogens with one attached hydrogen (secondary N) is 1. The summed E-state index contributed by atoms with van der Waals surface area (Å²) in [6.45, 7) is 6.01. The molecular weight excluding hydrogens is 282 g/mol. The molecule has 5 heteroatoms. The first kappa shape index (κ1) is 17.3. The Balaban J connectivity index is 0.00000200. The lowest BCUT2D eigenvalue weighted by atomic mass is 9.98. The summed E-state index contributed by atoms with van der Waals surface area (Å²) >= 11 is 0. The standard InChI is InChI=1S/C15H22F2N2.ClH/c1-2-3-4-15(19-9-7-18-8-10-19)12-5-6-13(16)14(17)11-12;/h5-6,11,15,18H,2-4,7-10H2,1H3;1H/t15-;/m0./s1. The third-order valence-corrected chi connectivity index (χ3v) is 3.75. The lowest BCUT2D eigenvalue weighted by Crippen LogP contribution is -2.45. The predicted octanol–water partition coefficient (Wildman–Crippen LogP) is 3.52. The van der Waals surface area contributed by atoms with Gasteiger partial charge in [0.1, 0.15) is 0 Å². The van der Waals surface area contributed by atoms with Crippen molar-refractivity contribution < 1.29 is 8.78 Å². The van der Waals surface area contributed by atoms with Gasteiger partial charge in [0.05, 0.1) is 0 Å². The van der Waals surface area contributed by atoms with E-state index in [-0.39, 0.29) is 18.4 Å². The van der Waals surface area contributed by atoms with Gasteiger partial charge in [0, 0.05) is 32.2 Å². The molecule has 0 saturated carbocycles. The van der Waals surface area contributed by atoms with Crippen molar-refractivity contribution in [3.8, 4) is 0 Å². The first-order valence-corrected chi connectivity index (χ1v) is 7.12. The summed E-state index contributed by atoms with van der Waals surface area (Å²) in [5.74, 6) is -1.51. The molecule has 2 nitrogen and oxygen atoms in total. The minimum absolute atomic E-state index is 0. The van der Waals surface area contributed by atoms with Crippen molar-refractivity contribution in [2.75, 3.05) is 26.2 Å². The van der Waals surface area contributed by atoms with Crippen LogP contribution < -0.4 is 5.32 Å². The summed E-state index contributed by atoms with van der Waals surface area (Å²) in [5, 5.41) is 3.32. The Kier molecular flexibility index (Phi) is 7.41. The normalized spacial score (nSPS) is 17.6. The maximum Gasteiger partial charge on any atom is 0.159 e. The third kappa shape index (κ3) is 4.40. The van der Waals surface area contributed by atoms with Gasteiger partial charge in [-0.05, 0) is 24.1 Å². The molecule has 0 aliphatic carbocycles. The number of hydrogen-bond acceptors (Lipinski definition) is 2. The van der Waals surface area contributed by atoms with Crippen molar-refractivity contribution in [3.05, 3.63) is 35.4 Å². The average Bonchev–Trinajstić information content (AvgIpc) is 2.44. The van der Waals surface area contributed by atoms with Crippen molar-refractivity contribution in [3.63, 3.8) is 0 Å². The molecule has 0 spiro atoms. The minimum Gasteiger partial charge on any atom is -0.314 e. The van der Waals surface area contributed by atoms with E-state index in [0.29, 0.717) is 0 Å². The van der Waals surface area contributed by atoms with Crippen molar-refractivity contribution in [2.45, 2.75) is 32.2 Å². The van der Waals surface area contributed by atoms with Gasteiger partial charge in [-0.2, -0.15) is 0 Å². The molecule has 1 aromatic rings. The Morgan fingerprint density at radius 1 is 1.20 bits per heavy atom. The number of hydrogen-bond donors (Lipinski definition) is 1. The summed E-state index contributed by atoms with van der Waals surface area (Å²) in [6, 6.07) is 4.53. The summed E-state index contributed by atoms with van der Waals surface area (Å²) in [7, 11) is 0. The Labute approximate surface area is 126 Å². The van der Waals surface area contributed by atoms with Crippen LogP contribution in [0.3, 0.4) is 0 Å². The van der Waals surface area contributed by atoms with Crippen molar-refractivity contribution in [2.24, 2.45) is 0 Å². The third-order valence-electron chi connectivity index (χ3n) is 3.75. The van der Waals surface area contributed by atoms with Crippen LogP contribution in [0.4, 0.5) is 8.78 Å². The number of benzene rings is 1. The van der Waals surface area contributed by atoms with Crippen LogP contribution in [0.5, 0.6) is 0 Å². The highest BCUT2D eigenvalue weighted by Crippen LogP contribution is 2.27. The highest BCUT2D eigenvalue weighted by atomic mass is 35.5. The van der Waals surface area contributed by atoms with Gasteiger partial charge in [0.25, 0.3) is 0 Å². The lowest BCUT2D eigenvalue weighted by molar-refractivity contribution is 0.163. The summed E-state index contributed by atoms with van der Waals surface area (Å²) in [6.07, 6.45) is 3.22. The van der Waals surface area contributed by atoms with Gasteiger partial charge in [-0.15, -0.1) is 12.4 Å². The second-order valence-corrected chi connectivity index (χ2v) is 5.12. The van der Waals surface area contributed by atoms with Crippen LogP contribution in [0, 0.1) is 11.6 Å². The largest absolute Gasteiger partial charge is 0.314 e. The zero-order valence-electron chi connectivity index (χ0n) is 11.9. The first-order chi connectivity index (χ1) is 9.22. The number of halogens is 3. The molecular formula is C15H23ClF2N2. The molecule has 0 bridgehead atoms. The predicted molar refractivity (Wildman–Crippen MR) is 80.3 cm³/mol. The van der Waals surface area contributed by atoms with E-state index >= 15 is 0 Å². The number of piperazine rings is 1. The average molecular weight is 305 g/mol. The smallest absolute Gasteiger partial charge is 0.159 e. The van der Waals surface area contributed by atoms with Gasteiger partial charge in [0.15, 0.2) is 11.6 Å². The second-order valence-electron chi connectivity index (χ2n) is 5.12. The molecule has 20 heavy (non-hydrogen) atoms. The molecule has 1 aliphatic rings. The monoisotopic (exact) mass is 304 g/mol. The second kappa shape index (κ2) is 8.55. The van der Waals surface area contributed by atoms with E-state index in [4.69, 9.17) is 0 Å². The van der Waals surface area contributed by atoms with E-state index < -0.39 is 11.6 Å². The summed E-state index contributed by atoms with van der Waals surface area (Å²) < 4.78 is 26.5. The van der Waals surface area contributed by atoms with Gasteiger partial charge in [-0.25, -0.2) is 8.78 Å². The lowest BCUT2D eigenvalue weighted by Gasteiger charge is -2.35. The Hall–Kier alpha value is -0.710. The fourth-order valence-corrected chi connectivity index (χ4v) is 2.67. The molecule has 1 N–H and O–H groups in total. The van der Waals surface area contributed by atoms with Crippen LogP contribution in [0.2, 0.25) is 0 Å². The molecule has 0 unspecified atom stereocenters. The van der Waals surface area contributed by atoms with E-state index in [1.54, 1.807) is 6.07 Å². The van der Waals surface area contributed by atoms with Crippen LogP contribution in [0.1, 0.15) is 37.8 Å². The van der Waals surface area contributed by atoms with Gasteiger partial charge in [-0.3, -0.25) is 4.90 Å². The van der Waals surface area contributed by atoms with E-state index in [2.05, 4.69) is 17.1 Å². The van der Waals surface area contributed by atoms with Crippen molar-refractivity contribution in [1.82, 2.24) is 10.2 Å². The van der Waals surface area contributed by atoms with Gasteiger partial charge >= 0.3 is 0 Å². The topological polar surface area (TPSA) is 15.3 Å². The molecule has 1 saturated heterocycles. The molecule has 1 atom stereocenters. The molecule has 114 valence electrons.